The average molecular weight is 245 g/mol. The highest BCUT2D eigenvalue weighted by Crippen LogP contribution is 2.20. The number of aromatic amines is 1. The van der Waals surface area contributed by atoms with Gasteiger partial charge in [-0.3, -0.25) is 10.1 Å². The monoisotopic (exact) mass is 245 g/mol. The summed E-state index contributed by atoms with van der Waals surface area (Å²) in [5, 5.41) is 2.68. The summed E-state index contributed by atoms with van der Waals surface area (Å²) in [5.74, 6) is 1.04. The summed E-state index contributed by atoms with van der Waals surface area (Å²) in [6.07, 6.45) is 3.50. The first-order valence-electron chi connectivity index (χ1n) is 5.62. The zero-order valence-corrected chi connectivity index (χ0v) is 10.4. The fourth-order valence-corrected chi connectivity index (χ4v) is 1.73. The molecule has 2 aromatic rings. The van der Waals surface area contributed by atoms with Crippen LogP contribution in [0.3, 0.4) is 0 Å². The second-order valence-electron chi connectivity index (χ2n) is 3.98. The molecule has 18 heavy (non-hydrogen) atoms. The summed E-state index contributed by atoms with van der Waals surface area (Å²) in [5.41, 5.74) is 1.96. The van der Waals surface area contributed by atoms with Crippen LogP contribution < -0.4 is 10.1 Å². The van der Waals surface area contributed by atoms with Gasteiger partial charge in [0.2, 0.25) is 11.9 Å². The van der Waals surface area contributed by atoms with E-state index in [0.717, 1.165) is 16.9 Å². The van der Waals surface area contributed by atoms with E-state index in [-0.39, 0.29) is 12.3 Å². The largest absolute Gasteiger partial charge is 0.496 e. The zero-order valence-electron chi connectivity index (χ0n) is 10.4. The molecule has 0 saturated carbocycles. The molecular formula is C13H15N3O2. The van der Waals surface area contributed by atoms with Crippen molar-refractivity contribution in [2.45, 2.75) is 13.3 Å². The summed E-state index contributed by atoms with van der Waals surface area (Å²) in [4.78, 5) is 18.6. The average Bonchev–Trinajstić information content (AvgIpc) is 2.82. The van der Waals surface area contributed by atoms with Crippen molar-refractivity contribution in [2.24, 2.45) is 0 Å². The number of hydrogen-bond acceptors (Lipinski definition) is 3. The van der Waals surface area contributed by atoms with Crippen molar-refractivity contribution in [3.63, 3.8) is 0 Å². The normalized spacial score (nSPS) is 10.1. The third-order valence-electron chi connectivity index (χ3n) is 2.54. The van der Waals surface area contributed by atoms with Crippen molar-refractivity contribution in [1.82, 2.24) is 9.97 Å². The number of aryl methyl sites for hydroxylation is 1. The van der Waals surface area contributed by atoms with Gasteiger partial charge in [-0.2, -0.15) is 0 Å². The molecule has 1 heterocycles. The number of anilines is 1. The van der Waals surface area contributed by atoms with Gasteiger partial charge in [0.05, 0.1) is 13.5 Å². The number of amides is 1. The van der Waals surface area contributed by atoms with Crippen LogP contribution in [0.4, 0.5) is 5.95 Å². The Hall–Kier alpha value is -2.30. The number of ether oxygens (including phenoxy) is 1. The molecule has 1 aromatic heterocycles. The lowest BCUT2D eigenvalue weighted by Crippen LogP contribution is -2.15. The zero-order chi connectivity index (χ0) is 13.0. The topological polar surface area (TPSA) is 67.0 Å². The molecule has 0 unspecified atom stereocenters. The minimum absolute atomic E-state index is 0.131. The number of aromatic nitrogens is 2. The number of imidazole rings is 1. The van der Waals surface area contributed by atoms with Gasteiger partial charge >= 0.3 is 0 Å². The molecule has 0 spiro atoms. The molecule has 1 aromatic carbocycles. The molecule has 0 saturated heterocycles. The van der Waals surface area contributed by atoms with Crippen molar-refractivity contribution in [1.29, 1.82) is 0 Å². The molecule has 0 fully saturated rings. The number of H-pyrrole nitrogens is 1. The predicted octanol–water partition coefficient (Wildman–Crippen LogP) is 1.91. The van der Waals surface area contributed by atoms with E-state index >= 15 is 0 Å². The third kappa shape index (κ3) is 2.88. The van der Waals surface area contributed by atoms with Gasteiger partial charge in [-0.15, -0.1) is 0 Å². The Morgan fingerprint density at radius 3 is 3.00 bits per heavy atom. The highest BCUT2D eigenvalue weighted by molar-refractivity contribution is 5.91. The van der Waals surface area contributed by atoms with Crippen LogP contribution in [0.25, 0.3) is 0 Å². The Bertz CT molecular complexity index is 535. The van der Waals surface area contributed by atoms with Crippen LogP contribution in [-0.2, 0) is 11.2 Å². The number of rotatable bonds is 4. The van der Waals surface area contributed by atoms with E-state index in [2.05, 4.69) is 15.3 Å². The molecule has 94 valence electrons. The standard InChI is InChI=1S/C13H15N3O2/c1-9-3-4-11(18-2)10(7-9)8-12(17)16-13-14-5-6-15-13/h3-7H,8H2,1-2H3,(H2,14,15,16,17). The molecular weight excluding hydrogens is 230 g/mol. The smallest absolute Gasteiger partial charge is 0.231 e. The molecule has 0 aliphatic rings. The van der Waals surface area contributed by atoms with Crippen molar-refractivity contribution in [3.8, 4) is 5.75 Å². The second kappa shape index (κ2) is 5.35. The SMILES string of the molecule is COc1ccc(C)cc1CC(=O)Nc1ncc[nH]1. The van der Waals surface area contributed by atoms with Crippen molar-refractivity contribution in [2.75, 3.05) is 12.4 Å². The molecule has 2 N–H and O–H groups in total. The fourth-order valence-electron chi connectivity index (χ4n) is 1.73. The highest BCUT2D eigenvalue weighted by atomic mass is 16.5. The predicted molar refractivity (Wildman–Crippen MR) is 68.7 cm³/mol. The van der Waals surface area contributed by atoms with Crippen LogP contribution in [0.15, 0.2) is 30.6 Å². The molecule has 0 radical (unpaired) electrons. The van der Waals surface area contributed by atoms with E-state index in [9.17, 15) is 4.79 Å². The van der Waals surface area contributed by atoms with Gasteiger partial charge < -0.3 is 9.72 Å². The van der Waals surface area contributed by atoms with Crippen LogP contribution in [0.1, 0.15) is 11.1 Å². The Morgan fingerprint density at radius 2 is 2.33 bits per heavy atom. The first-order chi connectivity index (χ1) is 8.69. The molecule has 0 aliphatic heterocycles. The lowest BCUT2D eigenvalue weighted by atomic mass is 10.1. The van der Waals surface area contributed by atoms with Gasteiger partial charge in [-0.1, -0.05) is 17.7 Å². The van der Waals surface area contributed by atoms with Crippen LogP contribution in [0.2, 0.25) is 0 Å². The maximum atomic E-state index is 11.8. The van der Waals surface area contributed by atoms with E-state index in [0.29, 0.717) is 5.95 Å². The summed E-state index contributed by atoms with van der Waals surface area (Å²) < 4.78 is 5.23. The summed E-state index contributed by atoms with van der Waals surface area (Å²) in [6.45, 7) is 1.98. The minimum Gasteiger partial charge on any atom is -0.496 e. The van der Waals surface area contributed by atoms with Gasteiger partial charge in [-0.05, 0) is 13.0 Å². The van der Waals surface area contributed by atoms with E-state index in [1.807, 2.05) is 25.1 Å². The maximum absolute atomic E-state index is 11.8. The van der Waals surface area contributed by atoms with Crippen LogP contribution in [-0.4, -0.2) is 23.0 Å². The van der Waals surface area contributed by atoms with E-state index in [4.69, 9.17) is 4.74 Å². The Kier molecular flexibility index (Phi) is 3.62. The lowest BCUT2D eigenvalue weighted by molar-refractivity contribution is -0.115. The quantitative estimate of drug-likeness (QED) is 0.864. The molecule has 2 rings (SSSR count). The molecule has 5 nitrogen and oxygen atoms in total. The van der Waals surface area contributed by atoms with Gasteiger partial charge in [-0.25, -0.2) is 4.98 Å². The van der Waals surface area contributed by atoms with Crippen molar-refractivity contribution < 1.29 is 9.53 Å². The number of hydrogen-bond donors (Lipinski definition) is 2. The lowest BCUT2D eigenvalue weighted by Gasteiger charge is -2.09. The molecule has 5 heteroatoms. The first-order valence-corrected chi connectivity index (χ1v) is 5.62. The second-order valence-corrected chi connectivity index (χ2v) is 3.98. The summed E-state index contributed by atoms with van der Waals surface area (Å²) in [6, 6.07) is 5.76. The number of nitrogens with zero attached hydrogens (tertiary/aromatic N) is 1. The summed E-state index contributed by atoms with van der Waals surface area (Å²) >= 11 is 0. The van der Waals surface area contributed by atoms with Crippen LogP contribution >= 0.6 is 0 Å². The number of carbonyl (C=O) groups is 1. The van der Waals surface area contributed by atoms with Crippen LogP contribution in [0, 0.1) is 6.92 Å². The molecule has 0 aliphatic carbocycles. The third-order valence-corrected chi connectivity index (χ3v) is 2.54. The molecule has 0 bridgehead atoms. The van der Waals surface area contributed by atoms with Crippen molar-refractivity contribution in [3.05, 3.63) is 41.7 Å². The first kappa shape index (κ1) is 12.2. The van der Waals surface area contributed by atoms with Crippen molar-refractivity contribution >= 4 is 11.9 Å². The van der Waals surface area contributed by atoms with E-state index in [1.54, 1.807) is 19.5 Å². The number of nitrogens with one attached hydrogen (secondary N) is 2. The van der Waals surface area contributed by atoms with E-state index in [1.165, 1.54) is 0 Å². The molecule has 1 amide bonds. The maximum Gasteiger partial charge on any atom is 0.231 e. The molecule has 0 atom stereocenters. The number of carbonyl (C=O) groups excluding carboxylic acids is 1. The van der Waals surface area contributed by atoms with E-state index < -0.39 is 0 Å². The summed E-state index contributed by atoms with van der Waals surface area (Å²) in [7, 11) is 1.60. The number of methoxy groups -OCH3 is 1. The minimum atomic E-state index is -0.131. The Labute approximate surface area is 105 Å². The Morgan fingerprint density at radius 1 is 1.50 bits per heavy atom. The number of benzene rings is 1. The highest BCUT2D eigenvalue weighted by Gasteiger charge is 2.10. The van der Waals surface area contributed by atoms with Gasteiger partial charge in [0.1, 0.15) is 5.75 Å². The van der Waals surface area contributed by atoms with Gasteiger partial charge in [0.15, 0.2) is 0 Å². The van der Waals surface area contributed by atoms with Gasteiger partial charge in [0, 0.05) is 18.0 Å². The van der Waals surface area contributed by atoms with Gasteiger partial charge in [0.25, 0.3) is 0 Å². The fraction of sp³-hybridized carbons (Fsp3) is 0.231. The van der Waals surface area contributed by atoms with Crippen LogP contribution in [0.5, 0.6) is 5.75 Å². The Balaban J connectivity index is 2.08.